The molecule has 0 bridgehead atoms. The second-order valence-corrected chi connectivity index (χ2v) is 7.03. The van der Waals surface area contributed by atoms with E-state index in [1.54, 1.807) is 24.3 Å². The van der Waals surface area contributed by atoms with E-state index >= 15 is 0 Å². The summed E-state index contributed by atoms with van der Waals surface area (Å²) in [6.45, 7) is 4.07. The number of anilines is 1. The zero-order valence-corrected chi connectivity index (χ0v) is 16.3. The second-order valence-electron chi connectivity index (χ2n) is 5.74. The fourth-order valence-electron chi connectivity index (χ4n) is 2.58. The molecular formula is C18H18N4O5S. The summed E-state index contributed by atoms with van der Waals surface area (Å²) in [4.78, 5) is 25.6. The molecule has 0 aliphatic carbocycles. The molecule has 10 heteroatoms. The smallest absolute Gasteiger partial charge is 0.286 e. The molecule has 2 heterocycles. The largest absolute Gasteiger partial charge is 0.493 e. The third-order valence-corrected chi connectivity index (χ3v) is 4.88. The molecule has 0 saturated carbocycles. The highest BCUT2D eigenvalue weighted by atomic mass is 32.1. The fraction of sp³-hybridized carbons (Fsp3) is 0.222. The Kier molecular flexibility index (Phi) is 5.59. The number of aromatic nitrogens is 2. The SMILES string of the molecule is CCOc1cc(C(=O)Nc2cc(-c3ccc(C)s3)[nH]n2)c([N+](=O)[O-])cc1OC. The molecule has 3 aromatic rings. The number of aryl methyl sites for hydroxylation is 1. The lowest BCUT2D eigenvalue weighted by Gasteiger charge is -2.11. The number of H-pyrrole nitrogens is 1. The molecule has 0 atom stereocenters. The molecule has 0 unspecified atom stereocenters. The van der Waals surface area contributed by atoms with Crippen molar-refractivity contribution >= 4 is 28.7 Å². The minimum absolute atomic E-state index is 0.147. The van der Waals surface area contributed by atoms with Crippen LogP contribution in [0, 0.1) is 17.0 Å². The Balaban J connectivity index is 1.90. The number of nitro groups is 1. The maximum absolute atomic E-state index is 12.7. The Labute approximate surface area is 164 Å². The molecule has 146 valence electrons. The van der Waals surface area contributed by atoms with E-state index in [0.717, 1.165) is 15.4 Å². The van der Waals surface area contributed by atoms with Crippen molar-refractivity contribution < 1.29 is 19.2 Å². The van der Waals surface area contributed by atoms with E-state index in [9.17, 15) is 14.9 Å². The van der Waals surface area contributed by atoms with E-state index in [1.165, 1.54) is 19.2 Å². The molecule has 0 saturated heterocycles. The van der Waals surface area contributed by atoms with Gasteiger partial charge in [-0.05, 0) is 26.0 Å². The van der Waals surface area contributed by atoms with E-state index in [0.29, 0.717) is 6.61 Å². The van der Waals surface area contributed by atoms with Crippen LogP contribution >= 0.6 is 11.3 Å². The van der Waals surface area contributed by atoms with Gasteiger partial charge in [-0.3, -0.25) is 20.0 Å². The van der Waals surface area contributed by atoms with Crippen LogP contribution in [0.4, 0.5) is 11.5 Å². The van der Waals surface area contributed by atoms with Crippen LogP contribution in [0.3, 0.4) is 0 Å². The van der Waals surface area contributed by atoms with E-state index in [-0.39, 0.29) is 28.6 Å². The van der Waals surface area contributed by atoms with Gasteiger partial charge in [-0.15, -0.1) is 11.3 Å². The van der Waals surface area contributed by atoms with Crippen LogP contribution in [0.1, 0.15) is 22.2 Å². The standard InChI is InChI=1S/C18H18N4O5S/c1-4-27-15-7-11(13(22(24)25)9-14(15)26-3)18(23)19-17-8-12(20-21-17)16-6-5-10(2)28-16/h5-9H,4H2,1-3H3,(H2,19,20,21,23). The molecule has 0 aliphatic heterocycles. The summed E-state index contributed by atoms with van der Waals surface area (Å²) in [5.74, 6) is 0.0163. The van der Waals surface area contributed by atoms with Crippen molar-refractivity contribution in [2.45, 2.75) is 13.8 Å². The average Bonchev–Trinajstić information content (AvgIpc) is 3.30. The number of nitro benzene ring substituents is 1. The summed E-state index contributed by atoms with van der Waals surface area (Å²) in [6, 6.07) is 8.06. The number of rotatable bonds is 7. The van der Waals surface area contributed by atoms with Gasteiger partial charge >= 0.3 is 0 Å². The topological polar surface area (TPSA) is 119 Å². The third-order valence-electron chi connectivity index (χ3n) is 3.85. The normalized spacial score (nSPS) is 10.5. The van der Waals surface area contributed by atoms with Gasteiger partial charge in [0.2, 0.25) is 0 Å². The number of nitrogens with one attached hydrogen (secondary N) is 2. The molecule has 1 amide bonds. The van der Waals surface area contributed by atoms with Crippen molar-refractivity contribution in [3.63, 3.8) is 0 Å². The van der Waals surface area contributed by atoms with Gasteiger partial charge in [-0.1, -0.05) is 0 Å². The molecule has 1 aromatic carbocycles. The molecule has 2 N–H and O–H groups in total. The Bertz CT molecular complexity index is 1030. The van der Waals surface area contributed by atoms with Gasteiger partial charge in [-0.2, -0.15) is 5.10 Å². The van der Waals surface area contributed by atoms with E-state index in [1.807, 2.05) is 19.1 Å². The summed E-state index contributed by atoms with van der Waals surface area (Å²) in [5, 5.41) is 20.9. The molecule has 2 aromatic heterocycles. The van der Waals surface area contributed by atoms with Crippen molar-refractivity contribution in [2.24, 2.45) is 0 Å². The minimum Gasteiger partial charge on any atom is -0.493 e. The lowest BCUT2D eigenvalue weighted by Crippen LogP contribution is -2.15. The van der Waals surface area contributed by atoms with Gasteiger partial charge < -0.3 is 14.8 Å². The number of ether oxygens (including phenoxy) is 2. The van der Waals surface area contributed by atoms with E-state index < -0.39 is 10.8 Å². The molecule has 0 fully saturated rings. The zero-order valence-electron chi connectivity index (χ0n) is 15.4. The summed E-state index contributed by atoms with van der Waals surface area (Å²) in [7, 11) is 1.37. The van der Waals surface area contributed by atoms with Crippen LogP contribution in [0.5, 0.6) is 11.5 Å². The number of aromatic amines is 1. The van der Waals surface area contributed by atoms with Gasteiger partial charge in [0, 0.05) is 17.0 Å². The maximum Gasteiger partial charge on any atom is 0.286 e. The Morgan fingerprint density at radius 2 is 2.11 bits per heavy atom. The number of carbonyl (C=O) groups is 1. The number of nitrogens with zero attached hydrogens (tertiary/aromatic N) is 2. The monoisotopic (exact) mass is 402 g/mol. The van der Waals surface area contributed by atoms with Crippen molar-refractivity contribution in [2.75, 3.05) is 19.0 Å². The van der Waals surface area contributed by atoms with Crippen LogP contribution in [0.2, 0.25) is 0 Å². The maximum atomic E-state index is 12.7. The number of amides is 1. The summed E-state index contributed by atoms with van der Waals surface area (Å²) < 4.78 is 10.5. The molecule has 0 spiro atoms. The molecule has 9 nitrogen and oxygen atoms in total. The summed E-state index contributed by atoms with van der Waals surface area (Å²) in [6.07, 6.45) is 0. The van der Waals surface area contributed by atoms with Crippen LogP contribution < -0.4 is 14.8 Å². The van der Waals surface area contributed by atoms with Gasteiger partial charge in [0.05, 0.1) is 35.3 Å². The Morgan fingerprint density at radius 1 is 1.32 bits per heavy atom. The predicted molar refractivity (Wildman–Crippen MR) is 105 cm³/mol. The van der Waals surface area contributed by atoms with Gasteiger partial charge in [0.15, 0.2) is 17.3 Å². The summed E-state index contributed by atoms with van der Waals surface area (Å²) in [5.41, 5.74) is 0.209. The molecule has 28 heavy (non-hydrogen) atoms. The molecular weight excluding hydrogens is 384 g/mol. The molecule has 3 rings (SSSR count). The van der Waals surface area contributed by atoms with Crippen molar-refractivity contribution in [1.82, 2.24) is 10.2 Å². The Hall–Kier alpha value is -3.40. The predicted octanol–water partition coefficient (Wildman–Crippen LogP) is 4.01. The van der Waals surface area contributed by atoms with Gasteiger partial charge in [0.1, 0.15) is 5.56 Å². The van der Waals surface area contributed by atoms with E-state index in [4.69, 9.17) is 9.47 Å². The first-order chi connectivity index (χ1) is 13.4. The fourth-order valence-corrected chi connectivity index (χ4v) is 3.42. The highest BCUT2D eigenvalue weighted by Gasteiger charge is 2.25. The molecule has 0 radical (unpaired) electrons. The third kappa shape index (κ3) is 3.96. The lowest BCUT2D eigenvalue weighted by atomic mass is 10.1. The number of hydrogen-bond donors (Lipinski definition) is 2. The van der Waals surface area contributed by atoms with Crippen molar-refractivity contribution in [1.29, 1.82) is 0 Å². The Morgan fingerprint density at radius 3 is 2.71 bits per heavy atom. The average molecular weight is 402 g/mol. The highest BCUT2D eigenvalue weighted by molar-refractivity contribution is 7.15. The first-order valence-electron chi connectivity index (χ1n) is 8.35. The molecule has 0 aliphatic rings. The first-order valence-corrected chi connectivity index (χ1v) is 9.17. The van der Waals surface area contributed by atoms with Gasteiger partial charge in [0.25, 0.3) is 11.6 Å². The van der Waals surface area contributed by atoms with Crippen molar-refractivity contribution in [3.8, 4) is 22.1 Å². The lowest BCUT2D eigenvalue weighted by molar-refractivity contribution is -0.385. The van der Waals surface area contributed by atoms with Crippen LogP contribution in [-0.4, -0.2) is 34.7 Å². The number of carbonyl (C=O) groups excluding carboxylic acids is 1. The van der Waals surface area contributed by atoms with Crippen LogP contribution in [-0.2, 0) is 0 Å². The quantitative estimate of drug-likeness (QED) is 0.455. The number of methoxy groups -OCH3 is 1. The summed E-state index contributed by atoms with van der Waals surface area (Å²) >= 11 is 1.58. The minimum atomic E-state index is -0.671. The van der Waals surface area contributed by atoms with Gasteiger partial charge in [-0.25, -0.2) is 0 Å². The highest BCUT2D eigenvalue weighted by Crippen LogP contribution is 2.35. The van der Waals surface area contributed by atoms with Crippen LogP contribution in [0.25, 0.3) is 10.6 Å². The first kappa shape index (κ1) is 19.4. The number of thiophene rings is 1. The number of hydrogen-bond acceptors (Lipinski definition) is 7. The number of benzene rings is 1. The second kappa shape index (κ2) is 8.09. The van der Waals surface area contributed by atoms with E-state index in [2.05, 4.69) is 15.5 Å². The zero-order chi connectivity index (χ0) is 20.3. The van der Waals surface area contributed by atoms with Crippen LogP contribution in [0.15, 0.2) is 30.3 Å². The van der Waals surface area contributed by atoms with Crippen molar-refractivity contribution in [3.05, 3.63) is 50.9 Å².